The van der Waals surface area contributed by atoms with Crippen LogP contribution >= 0.6 is 0 Å². The van der Waals surface area contributed by atoms with Gasteiger partial charge in [0.2, 0.25) is 0 Å². The second-order valence-corrected chi connectivity index (χ2v) is 5.86. The number of nitrogens with one attached hydrogen (secondary N) is 3. The van der Waals surface area contributed by atoms with Crippen molar-refractivity contribution in [2.45, 2.75) is 6.43 Å². The number of aromatic nitrogens is 4. The summed E-state index contributed by atoms with van der Waals surface area (Å²) in [7, 11) is 0. The van der Waals surface area contributed by atoms with E-state index in [1.807, 2.05) is 0 Å². The fourth-order valence-electron chi connectivity index (χ4n) is 2.79. The fraction of sp³-hybridized carbons (Fsp3) is 0.0556. The molecule has 0 aliphatic heterocycles. The highest BCUT2D eigenvalue weighted by Gasteiger charge is 2.21. The molecule has 4 aromatic rings. The molecule has 0 radical (unpaired) electrons. The molecule has 0 spiro atoms. The topological polar surface area (TPSA) is 86.5 Å². The lowest BCUT2D eigenvalue weighted by molar-refractivity contribution is 0.102. The Hall–Kier alpha value is -3.69. The largest absolute Gasteiger partial charge is 0.337 e. The average molecular weight is 389 g/mol. The second-order valence-electron chi connectivity index (χ2n) is 5.86. The first-order valence-electron chi connectivity index (χ1n) is 8.01. The molecule has 0 fully saturated rings. The first-order chi connectivity index (χ1) is 13.4. The van der Waals surface area contributed by atoms with Crippen molar-refractivity contribution in [3.05, 3.63) is 65.6 Å². The third-order valence-corrected chi connectivity index (χ3v) is 4.06. The van der Waals surface area contributed by atoms with Gasteiger partial charge in [-0.25, -0.2) is 22.5 Å². The molecule has 142 valence electrons. The number of carbonyl (C=O) groups is 1. The molecule has 2 heterocycles. The van der Waals surface area contributed by atoms with E-state index < -0.39 is 35.4 Å². The van der Waals surface area contributed by atoms with E-state index in [0.717, 1.165) is 18.3 Å². The van der Waals surface area contributed by atoms with Gasteiger partial charge < -0.3 is 10.3 Å². The Balaban J connectivity index is 1.65. The van der Waals surface area contributed by atoms with Crippen molar-refractivity contribution in [2.24, 2.45) is 0 Å². The van der Waals surface area contributed by atoms with Crippen LogP contribution in [0.25, 0.3) is 22.3 Å². The molecular formula is C18H11F4N5O. The predicted octanol–water partition coefficient (Wildman–Crippen LogP) is 4.42. The highest BCUT2D eigenvalue weighted by atomic mass is 19.3. The summed E-state index contributed by atoms with van der Waals surface area (Å²) in [4.78, 5) is 18.8. The summed E-state index contributed by atoms with van der Waals surface area (Å²) in [5.74, 6) is -2.86. The molecule has 0 bridgehead atoms. The van der Waals surface area contributed by atoms with E-state index in [4.69, 9.17) is 0 Å². The SMILES string of the molecule is O=C(Nc1ccc2nc(C(F)F)[nH]c2c1)c1cn[nH]c1-c1c(F)cccc1F. The van der Waals surface area contributed by atoms with E-state index in [1.54, 1.807) is 0 Å². The number of anilines is 1. The zero-order chi connectivity index (χ0) is 19.8. The first kappa shape index (κ1) is 17.7. The van der Waals surface area contributed by atoms with Gasteiger partial charge in [-0.15, -0.1) is 0 Å². The molecular weight excluding hydrogens is 378 g/mol. The normalized spacial score (nSPS) is 11.3. The van der Waals surface area contributed by atoms with Crippen LogP contribution in [-0.2, 0) is 0 Å². The van der Waals surface area contributed by atoms with Crippen molar-refractivity contribution in [3.63, 3.8) is 0 Å². The number of rotatable bonds is 4. The molecule has 0 atom stereocenters. The van der Waals surface area contributed by atoms with Gasteiger partial charge in [-0.2, -0.15) is 5.10 Å². The Morgan fingerprint density at radius 3 is 2.57 bits per heavy atom. The molecule has 1 amide bonds. The number of imidazole rings is 1. The fourth-order valence-corrected chi connectivity index (χ4v) is 2.79. The summed E-state index contributed by atoms with van der Waals surface area (Å²) in [6, 6.07) is 7.69. The lowest BCUT2D eigenvalue weighted by Crippen LogP contribution is -2.12. The summed E-state index contributed by atoms with van der Waals surface area (Å²) >= 11 is 0. The number of aromatic amines is 2. The second kappa shape index (κ2) is 6.80. The number of hydrogen-bond acceptors (Lipinski definition) is 3. The summed E-state index contributed by atoms with van der Waals surface area (Å²) < 4.78 is 53.5. The number of halogens is 4. The third kappa shape index (κ3) is 3.08. The van der Waals surface area contributed by atoms with Crippen LogP contribution in [0.5, 0.6) is 0 Å². The van der Waals surface area contributed by atoms with Crippen LogP contribution in [0.15, 0.2) is 42.6 Å². The van der Waals surface area contributed by atoms with E-state index in [-0.39, 0.29) is 16.9 Å². The van der Waals surface area contributed by atoms with E-state index in [9.17, 15) is 22.4 Å². The zero-order valence-corrected chi connectivity index (χ0v) is 13.9. The van der Waals surface area contributed by atoms with Gasteiger partial charge in [0, 0.05) is 5.69 Å². The van der Waals surface area contributed by atoms with Gasteiger partial charge in [0.1, 0.15) is 11.6 Å². The maximum Gasteiger partial charge on any atom is 0.295 e. The van der Waals surface area contributed by atoms with Crippen LogP contribution < -0.4 is 5.32 Å². The molecule has 6 nitrogen and oxygen atoms in total. The molecule has 4 rings (SSSR count). The van der Waals surface area contributed by atoms with Gasteiger partial charge in [-0.3, -0.25) is 9.89 Å². The Bertz CT molecular complexity index is 1160. The van der Waals surface area contributed by atoms with Crippen molar-refractivity contribution in [3.8, 4) is 11.3 Å². The first-order valence-corrected chi connectivity index (χ1v) is 8.01. The lowest BCUT2D eigenvalue weighted by atomic mass is 10.1. The number of amides is 1. The molecule has 0 saturated heterocycles. The van der Waals surface area contributed by atoms with Gasteiger partial charge in [0.15, 0.2) is 5.82 Å². The molecule has 2 aromatic heterocycles. The lowest BCUT2D eigenvalue weighted by Gasteiger charge is -2.07. The van der Waals surface area contributed by atoms with E-state index >= 15 is 0 Å². The zero-order valence-electron chi connectivity index (χ0n) is 13.9. The van der Waals surface area contributed by atoms with Gasteiger partial charge in [-0.05, 0) is 30.3 Å². The summed E-state index contributed by atoms with van der Waals surface area (Å²) in [5, 5.41) is 8.67. The molecule has 0 aliphatic rings. The van der Waals surface area contributed by atoms with Gasteiger partial charge in [-0.1, -0.05) is 6.07 Å². The molecule has 10 heteroatoms. The Morgan fingerprint density at radius 1 is 1.11 bits per heavy atom. The Labute approximate surface area is 154 Å². The molecule has 3 N–H and O–H groups in total. The minimum Gasteiger partial charge on any atom is -0.337 e. The maximum atomic E-state index is 14.0. The Kier molecular flexibility index (Phi) is 4.30. The number of nitrogens with zero attached hydrogens (tertiary/aromatic N) is 2. The van der Waals surface area contributed by atoms with Crippen LogP contribution in [0.2, 0.25) is 0 Å². The third-order valence-electron chi connectivity index (χ3n) is 4.06. The van der Waals surface area contributed by atoms with Gasteiger partial charge in [0.05, 0.1) is 34.1 Å². The van der Waals surface area contributed by atoms with Crippen molar-refractivity contribution < 1.29 is 22.4 Å². The number of carbonyl (C=O) groups excluding carboxylic acids is 1. The van der Waals surface area contributed by atoms with Crippen LogP contribution in [-0.4, -0.2) is 26.1 Å². The number of H-pyrrole nitrogens is 2. The number of fused-ring (bicyclic) bond motifs is 1. The van der Waals surface area contributed by atoms with Crippen LogP contribution in [0, 0.1) is 11.6 Å². The standard InChI is InChI=1S/C18H11F4N5O/c19-10-2-1-3-11(20)14(10)15-9(7-23-27-15)18(28)24-8-4-5-12-13(6-8)26-17(25-12)16(21)22/h1-7,16H,(H,23,27)(H,24,28)(H,25,26). The van der Waals surface area contributed by atoms with Crippen molar-refractivity contribution >= 4 is 22.6 Å². The van der Waals surface area contributed by atoms with Crippen LogP contribution in [0.1, 0.15) is 22.6 Å². The van der Waals surface area contributed by atoms with Crippen molar-refractivity contribution in [1.29, 1.82) is 0 Å². The van der Waals surface area contributed by atoms with Crippen molar-refractivity contribution in [2.75, 3.05) is 5.32 Å². The highest BCUT2D eigenvalue weighted by Crippen LogP contribution is 2.28. The van der Waals surface area contributed by atoms with Crippen LogP contribution in [0.3, 0.4) is 0 Å². The smallest absolute Gasteiger partial charge is 0.295 e. The minimum atomic E-state index is -2.76. The molecule has 2 aromatic carbocycles. The summed E-state index contributed by atoms with van der Waals surface area (Å²) in [6.07, 6.45) is -1.62. The van der Waals surface area contributed by atoms with Crippen molar-refractivity contribution in [1.82, 2.24) is 20.2 Å². The van der Waals surface area contributed by atoms with E-state index in [1.165, 1.54) is 24.3 Å². The monoisotopic (exact) mass is 389 g/mol. The van der Waals surface area contributed by atoms with E-state index in [2.05, 4.69) is 25.5 Å². The number of benzene rings is 2. The number of alkyl halides is 2. The van der Waals surface area contributed by atoms with Gasteiger partial charge in [0.25, 0.3) is 12.3 Å². The number of hydrogen-bond donors (Lipinski definition) is 3. The molecule has 0 aliphatic carbocycles. The summed E-state index contributed by atoms with van der Waals surface area (Å²) in [6.45, 7) is 0. The maximum absolute atomic E-state index is 14.0. The quantitative estimate of drug-likeness (QED) is 0.452. The minimum absolute atomic E-state index is 0.0815. The Morgan fingerprint density at radius 2 is 1.86 bits per heavy atom. The predicted molar refractivity (Wildman–Crippen MR) is 92.9 cm³/mol. The summed E-state index contributed by atoms with van der Waals surface area (Å²) in [5.41, 5.74) is 0.294. The highest BCUT2D eigenvalue weighted by molar-refractivity contribution is 6.08. The molecule has 0 saturated carbocycles. The average Bonchev–Trinajstić information content (AvgIpc) is 3.28. The molecule has 28 heavy (non-hydrogen) atoms. The molecule has 0 unspecified atom stereocenters. The van der Waals surface area contributed by atoms with Crippen LogP contribution in [0.4, 0.5) is 23.2 Å². The van der Waals surface area contributed by atoms with E-state index in [0.29, 0.717) is 11.0 Å². The van der Waals surface area contributed by atoms with Gasteiger partial charge >= 0.3 is 0 Å².